The van der Waals surface area contributed by atoms with Gasteiger partial charge in [0.1, 0.15) is 18.1 Å². The van der Waals surface area contributed by atoms with Gasteiger partial charge in [-0.25, -0.2) is 0 Å². The van der Waals surface area contributed by atoms with Gasteiger partial charge in [-0.1, -0.05) is 11.6 Å². The highest BCUT2D eigenvalue weighted by molar-refractivity contribution is 6.30. The second-order valence-corrected chi connectivity index (χ2v) is 6.33. The van der Waals surface area contributed by atoms with Crippen molar-refractivity contribution in [3.05, 3.63) is 52.4 Å². The number of aromatic amines is 1. The van der Waals surface area contributed by atoms with E-state index in [-0.39, 0.29) is 5.91 Å². The van der Waals surface area contributed by atoms with Crippen molar-refractivity contribution in [3.8, 4) is 17.0 Å². The van der Waals surface area contributed by atoms with Gasteiger partial charge in [0.2, 0.25) is 0 Å². The molecule has 0 aliphatic carbocycles. The fourth-order valence-corrected chi connectivity index (χ4v) is 2.80. The van der Waals surface area contributed by atoms with Gasteiger partial charge in [-0.05, 0) is 44.2 Å². The molecule has 136 valence electrons. The van der Waals surface area contributed by atoms with Gasteiger partial charge in [-0.2, -0.15) is 10.2 Å². The number of carbonyl (C=O) groups excluding carboxylic acids is 1. The summed E-state index contributed by atoms with van der Waals surface area (Å²) in [5.74, 6) is 0.470. The Bertz CT molecular complexity index is 914. The molecule has 2 aromatic heterocycles. The van der Waals surface area contributed by atoms with Crippen molar-refractivity contribution >= 4 is 17.5 Å². The molecule has 26 heavy (non-hydrogen) atoms. The molecule has 0 saturated heterocycles. The Morgan fingerprint density at radius 1 is 1.31 bits per heavy atom. The topological polar surface area (TPSA) is 84.8 Å². The number of hydrogen-bond acceptors (Lipinski definition) is 4. The molecule has 0 atom stereocenters. The van der Waals surface area contributed by atoms with Crippen LogP contribution in [0.3, 0.4) is 0 Å². The number of carbonyl (C=O) groups is 1. The number of aromatic nitrogens is 4. The Morgan fingerprint density at radius 3 is 2.69 bits per heavy atom. The number of amides is 1. The van der Waals surface area contributed by atoms with E-state index in [1.165, 1.54) is 0 Å². The predicted octanol–water partition coefficient (Wildman–Crippen LogP) is 2.89. The van der Waals surface area contributed by atoms with E-state index in [0.717, 1.165) is 17.0 Å². The minimum atomic E-state index is -0.234. The molecule has 0 fully saturated rings. The molecule has 1 amide bonds. The van der Waals surface area contributed by atoms with E-state index >= 15 is 0 Å². The fourth-order valence-electron chi connectivity index (χ4n) is 2.67. The highest BCUT2D eigenvalue weighted by Crippen LogP contribution is 2.25. The van der Waals surface area contributed by atoms with Crippen molar-refractivity contribution in [2.24, 2.45) is 7.05 Å². The van der Waals surface area contributed by atoms with Crippen molar-refractivity contribution < 1.29 is 9.53 Å². The van der Waals surface area contributed by atoms with Crippen LogP contribution in [0.4, 0.5) is 0 Å². The number of halogens is 1. The van der Waals surface area contributed by atoms with Crippen LogP contribution in [-0.2, 0) is 7.05 Å². The van der Waals surface area contributed by atoms with Gasteiger partial charge < -0.3 is 10.1 Å². The van der Waals surface area contributed by atoms with E-state index < -0.39 is 0 Å². The quantitative estimate of drug-likeness (QED) is 0.650. The number of ether oxygens (including phenoxy) is 1. The molecular formula is C18H20ClN5O2. The largest absolute Gasteiger partial charge is 0.492 e. The molecule has 0 unspecified atom stereocenters. The number of rotatable bonds is 6. The van der Waals surface area contributed by atoms with Crippen LogP contribution in [0.2, 0.25) is 5.02 Å². The standard InChI is InChI=1S/C18H20ClN5O2/c1-11-17(12(2)24(3)23-11)15-10-16(22-21-15)18(25)20-8-9-26-14-6-4-13(19)5-7-14/h4-7,10H,8-9H2,1-3H3,(H,20,25)(H,21,22). The number of benzene rings is 1. The first-order chi connectivity index (χ1) is 12.5. The summed E-state index contributed by atoms with van der Waals surface area (Å²) in [7, 11) is 1.88. The highest BCUT2D eigenvalue weighted by atomic mass is 35.5. The van der Waals surface area contributed by atoms with E-state index in [1.807, 2.05) is 20.9 Å². The smallest absolute Gasteiger partial charge is 0.269 e. The number of hydrogen-bond donors (Lipinski definition) is 2. The lowest BCUT2D eigenvalue weighted by Gasteiger charge is -2.07. The van der Waals surface area contributed by atoms with Crippen molar-refractivity contribution in [3.63, 3.8) is 0 Å². The maximum atomic E-state index is 12.2. The summed E-state index contributed by atoms with van der Waals surface area (Å²) in [5, 5.41) is 14.8. The maximum absolute atomic E-state index is 12.2. The van der Waals surface area contributed by atoms with Gasteiger partial charge in [0.15, 0.2) is 0 Å². The number of aryl methyl sites for hydroxylation is 2. The lowest BCUT2D eigenvalue weighted by molar-refractivity contribution is 0.0942. The maximum Gasteiger partial charge on any atom is 0.269 e. The second kappa shape index (κ2) is 7.61. The summed E-state index contributed by atoms with van der Waals surface area (Å²) in [4.78, 5) is 12.2. The second-order valence-electron chi connectivity index (χ2n) is 5.89. The predicted molar refractivity (Wildman–Crippen MR) is 99.5 cm³/mol. The Labute approximate surface area is 156 Å². The zero-order valence-electron chi connectivity index (χ0n) is 14.8. The van der Waals surface area contributed by atoms with Crippen molar-refractivity contribution in [2.45, 2.75) is 13.8 Å². The summed E-state index contributed by atoms with van der Waals surface area (Å²) in [6.45, 7) is 4.62. The van der Waals surface area contributed by atoms with Crippen LogP contribution in [0.15, 0.2) is 30.3 Å². The average molecular weight is 374 g/mol. The van der Waals surface area contributed by atoms with Crippen LogP contribution in [0.25, 0.3) is 11.3 Å². The molecule has 2 N–H and O–H groups in total. The third kappa shape index (κ3) is 3.88. The summed E-state index contributed by atoms with van der Waals surface area (Å²) < 4.78 is 7.34. The highest BCUT2D eigenvalue weighted by Gasteiger charge is 2.17. The normalized spacial score (nSPS) is 10.8. The molecule has 0 radical (unpaired) electrons. The number of nitrogens with one attached hydrogen (secondary N) is 2. The van der Waals surface area contributed by atoms with Gasteiger partial charge in [-0.15, -0.1) is 0 Å². The van der Waals surface area contributed by atoms with Gasteiger partial charge >= 0.3 is 0 Å². The number of nitrogens with zero attached hydrogens (tertiary/aromatic N) is 3. The fraction of sp³-hybridized carbons (Fsp3) is 0.278. The van der Waals surface area contributed by atoms with Crippen molar-refractivity contribution in [1.82, 2.24) is 25.3 Å². The first kappa shape index (κ1) is 18.0. The van der Waals surface area contributed by atoms with Crippen LogP contribution in [0, 0.1) is 13.8 Å². The molecule has 0 bridgehead atoms. The SMILES string of the molecule is Cc1nn(C)c(C)c1-c1cc(C(=O)NCCOc2ccc(Cl)cc2)[nH]n1. The van der Waals surface area contributed by atoms with E-state index in [9.17, 15) is 4.79 Å². The molecule has 0 spiro atoms. The van der Waals surface area contributed by atoms with E-state index in [0.29, 0.717) is 35.3 Å². The monoisotopic (exact) mass is 373 g/mol. The Morgan fingerprint density at radius 2 is 2.04 bits per heavy atom. The van der Waals surface area contributed by atoms with Crippen LogP contribution < -0.4 is 10.1 Å². The lowest BCUT2D eigenvalue weighted by Crippen LogP contribution is -2.28. The molecule has 2 heterocycles. The molecule has 0 saturated carbocycles. The summed E-state index contributed by atoms with van der Waals surface area (Å²) in [6, 6.07) is 8.80. The van der Waals surface area contributed by atoms with E-state index in [4.69, 9.17) is 16.3 Å². The Kier molecular flexibility index (Phi) is 5.27. The molecule has 3 aromatic rings. The molecule has 3 rings (SSSR count). The zero-order valence-corrected chi connectivity index (χ0v) is 15.6. The van der Waals surface area contributed by atoms with Gasteiger partial charge in [0.25, 0.3) is 5.91 Å². The first-order valence-electron chi connectivity index (χ1n) is 8.18. The molecule has 0 aliphatic heterocycles. The van der Waals surface area contributed by atoms with Gasteiger partial charge in [0, 0.05) is 23.3 Å². The molecule has 1 aromatic carbocycles. The van der Waals surface area contributed by atoms with Crippen LogP contribution in [0.1, 0.15) is 21.9 Å². The van der Waals surface area contributed by atoms with Crippen LogP contribution in [0.5, 0.6) is 5.75 Å². The van der Waals surface area contributed by atoms with Crippen LogP contribution >= 0.6 is 11.6 Å². The lowest BCUT2D eigenvalue weighted by atomic mass is 10.1. The summed E-state index contributed by atoms with van der Waals surface area (Å²) >= 11 is 5.82. The summed E-state index contributed by atoms with van der Waals surface area (Å²) in [6.07, 6.45) is 0. The Hall–Kier alpha value is -2.80. The minimum absolute atomic E-state index is 0.234. The summed E-state index contributed by atoms with van der Waals surface area (Å²) in [5.41, 5.74) is 3.91. The van der Waals surface area contributed by atoms with Gasteiger partial charge in [0.05, 0.1) is 17.9 Å². The van der Waals surface area contributed by atoms with Gasteiger partial charge in [-0.3, -0.25) is 14.6 Å². The van der Waals surface area contributed by atoms with Crippen LogP contribution in [-0.4, -0.2) is 39.0 Å². The third-order valence-corrected chi connectivity index (χ3v) is 4.31. The number of H-pyrrole nitrogens is 1. The molecular weight excluding hydrogens is 354 g/mol. The first-order valence-corrected chi connectivity index (χ1v) is 8.56. The zero-order chi connectivity index (χ0) is 18.7. The third-order valence-electron chi connectivity index (χ3n) is 4.06. The average Bonchev–Trinajstić information content (AvgIpc) is 3.18. The van der Waals surface area contributed by atoms with Crippen molar-refractivity contribution in [2.75, 3.05) is 13.2 Å². The van der Waals surface area contributed by atoms with Crippen molar-refractivity contribution in [1.29, 1.82) is 0 Å². The van der Waals surface area contributed by atoms with E-state index in [2.05, 4.69) is 20.6 Å². The molecule has 0 aliphatic rings. The van der Waals surface area contributed by atoms with E-state index in [1.54, 1.807) is 35.0 Å². The molecule has 8 heteroatoms. The molecule has 7 nitrogen and oxygen atoms in total. The Balaban J connectivity index is 1.56. The minimum Gasteiger partial charge on any atom is -0.492 e.